The highest BCUT2D eigenvalue weighted by molar-refractivity contribution is 5.10. The van der Waals surface area contributed by atoms with Gasteiger partial charge in [0, 0.05) is 0 Å². The van der Waals surface area contributed by atoms with E-state index in [1.54, 1.807) is 0 Å². The first-order valence-electron chi connectivity index (χ1n) is 4.69. The van der Waals surface area contributed by atoms with E-state index >= 15 is 0 Å². The second-order valence-electron chi connectivity index (χ2n) is 3.91. The van der Waals surface area contributed by atoms with Gasteiger partial charge in [-0.3, -0.25) is 0 Å². The van der Waals surface area contributed by atoms with Crippen molar-refractivity contribution in [2.75, 3.05) is 0 Å². The van der Waals surface area contributed by atoms with Gasteiger partial charge in [-0.1, -0.05) is 18.2 Å². The third-order valence-electron chi connectivity index (χ3n) is 3.16. The maximum absolute atomic E-state index is 3.77. The Kier molecular flexibility index (Phi) is 1.85. The van der Waals surface area contributed by atoms with Crippen molar-refractivity contribution in [2.24, 2.45) is 17.8 Å². The van der Waals surface area contributed by atoms with Crippen LogP contribution in [-0.4, -0.2) is 0 Å². The highest BCUT2D eigenvalue weighted by Gasteiger charge is 2.34. The standard InChI is InChI=1S/C11H16/c1-2-3-4-10-7-9-5-6-11(10)8-9/h2,5-6,9-11H,1,3-4,7-8H2. The second kappa shape index (κ2) is 2.84. The molecule has 2 rings (SSSR count). The van der Waals surface area contributed by atoms with Gasteiger partial charge in [0.1, 0.15) is 0 Å². The highest BCUT2D eigenvalue weighted by atomic mass is 14.4. The number of hydrogen-bond donors (Lipinski definition) is 0. The summed E-state index contributed by atoms with van der Waals surface area (Å²) in [6.45, 7) is 3.77. The van der Waals surface area contributed by atoms with Crippen molar-refractivity contribution in [3.05, 3.63) is 24.8 Å². The second-order valence-corrected chi connectivity index (χ2v) is 3.91. The van der Waals surface area contributed by atoms with Crippen LogP contribution in [0.25, 0.3) is 0 Å². The molecule has 0 radical (unpaired) electrons. The fourth-order valence-corrected chi connectivity index (χ4v) is 2.56. The van der Waals surface area contributed by atoms with Crippen LogP contribution < -0.4 is 0 Å². The monoisotopic (exact) mass is 148 g/mol. The summed E-state index contributed by atoms with van der Waals surface area (Å²) >= 11 is 0. The van der Waals surface area contributed by atoms with Gasteiger partial charge in [0.15, 0.2) is 0 Å². The van der Waals surface area contributed by atoms with E-state index in [1.165, 1.54) is 25.7 Å². The molecular formula is C11H16. The summed E-state index contributed by atoms with van der Waals surface area (Å²) in [6, 6.07) is 0. The molecule has 0 heteroatoms. The third kappa shape index (κ3) is 1.26. The Labute approximate surface area is 69.0 Å². The van der Waals surface area contributed by atoms with Gasteiger partial charge in [0.2, 0.25) is 0 Å². The van der Waals surface area contributed by atoms with Crippen molar-refractivity contribution in [2.45, 2.75) is 25.7 Å². The van der Waals surface area contributed by atoms with Gasteiger partial charge in [0.05, 0.1) is 0 Å². The number of allylic oxidation sites excluding steroid dienone is 3. The van der Waals surface area contributed by atoms with E-state index in [-0.39, 0.29) is 0 Å². The first kappa shape index (κ1) is 7.15. The smallest absolute Gasteiger partial charge is 0.0199 e. The van der Waals surface area contributed by atoms with Gasteiger partial charge in [-0.15, -0.1) is 6.58 Å². The zero-order valence-corrected chi connectivity index (χ0v) is 7.00. The molecule has 1 fully saturated rings. The number of hydrogen-bond acceptors (Lipinski definition) is 0. The van der Waals surface area contributed by atoms with Crippen LogP contribution in [0.15, 0.2) is 24.8 Å². The lowest BCUT2D eigenvalue weighted by molar-refractivity contribution is 0.420. The lowest BCUT2D eigenvalue weighted by atomic mass is 9.89. The van der Waals surface area contributed by atoms with Gasteiger partial charge in [0.25, 0.3) is 0 Å². The molecule has 11 heavy (non-hydrogen) atoms. The lowest BCUT2D eigenvalue weighted by Gasteiger charge is -2.16. The minimum absolute atomic E-state index is 0.931. The molecule has 1 saturated carbocycles. The third-order valence-corrected chi connectivity index (χ3v) is 3.16. The van der Waals surface area contributed by atoms with E-state index in [0.717, 1.165) is 17.8 Å². The zero-order valence-electron chi connectivity index (χ0n) is 7.00. The fourth-order valence-electron chi connectivity index (χ4n) is 2.56. The van der Waals surface area contributed by atoms with Crippen LogP contribution in [0.2, 0.25) is 0 Å². The summed E-state index contributed by atoms with van der Waals surface area (Å²) in [7, 11) is 0. The molecule has 0 aliphatic heterocycles. The number of fused-ring (bicyclic) bond motifs is 2. The summed E-state index contributed by atoms with van der Waals surface area (Å²) in [6.07, 6.45) is 12.4. The van der Waals surface area contributed by atoms with Crippen LogP contribution in [0.5, 0.6) is 0 Å². The van der Waals surface area contributed by atoms with Crippen molar-refractivity contribution < 1.29 is 0 Å². The Morgan fingerprint density at radius 1 is 1.36 bits per heavy atom. The molecular weight excluding hydrogens is 132 g/mol. The maximum atomic E-state index is 3.77. The molecule has 0 heterocycles. The molecule has 3 unspecified atom stereocenters. The van der Waals surface area contributed by atoms with E-state index in [1.807, 2.05) is 0 Å². The first-order valence-corrected chi connectivity index (χ1v) is 4.69. The molecule has 60 valence electrons. The van der Waals surface area contributed by atoms with Crippen molar-refractivity contribution >= 4 is 0 Å². The van der Waals surface area contributed by atoms with Crippen molar-refractivity contribution in [3.8, 4) is 0 Å². The Morgan fingerprint density at radius 2 is 2.27 bits per heavy atom. The van der Waals surface area contributed by atoms with E-state index in [4.69, 9.17) is 0 Å². The Balaban J connectivity index is 1.88. The van der Waals surface area contributed by atoms with E-state index < -0.39 is 0 Å². The molecule has 0 aromatic heterocycles. The first-order chi connectivity index (χ1) is 5.40. The van der Waals surface area contributed by atoms with Crippen molar-refractivity contribution in [3.63, 3.8) is 0 Å². The molecule has 3 atom stereocenters. The predicted octanol–water partition coefficient (Wildman–Crippen LogP) is 3.16. The summed E-state index contributed by atoms with van der Waals surface area (Å²) < 4.78 is 0. The van der Waals surface area contributed by atoms with Gasteiger partial charge < -0.3 is 0 Å². The maximum Gasteiger partial charge on any atom is -0.0199 e. The average Bonchev–Trinajstić information content (AvgIpc) is 2.60. The topological polar surface area (TPSA) is 0 Å². The molecule has 2 aliphatic carbocycles. The van der Waals surface area contributed by atoms with E-state index in [9.17, 15) is 0 Å². The zero-order chi connectivity index (χ0) is 7.68. The SMILES string of the molecule is C=CCCC1CC2C=CC1C2. The van der Waals surface area contributed by atoms with Gasteiger partial charge in [-0.05, 0) is 43.4 Å². The van der Waals surface area contributed by atoms with Crippen LogP contribution in [-0.2, 0) is 0 Å². The summed E-state index contributed by atoms with van der Waals surface area (Å²) in [5.74, 6) is 2.86. The molecule has 0 spiro atoms. The Bertz CT molecular complexity index is 178. The van der Waals surface area contributed by atoms with Crippen molar-refractivity contribution in [1.29, 1.82) is 0 Å². The molecule has 0 saturated heterocycles. The molecule has 0 amide bonds. The summed E-state index contributed by atoms with van der Waals surface area (Å²) in [5.41, 5.74) is 0. The van der Waals surface area contributed by atoms with Crippen LogP contribution in [0, 0.1) is 17.8 Å². The molecule has 0 N–H and O–H groups in total. The van der Waals surface area contributed by atoms with Gasteiger partial charge in [-0.25, -0.2) is 0 Å². The van der Waals surface area contributed by atoms with E-state index in [2.05, 4.69) is 24.8 Å². The Morgan fingerprint density at radius 3 is 2.82 bits per heavy atom. The number of rotatable bonds is 3. The van der Waals surface area contributed by atoms with Crippen LogP contribution in [0.1, 0.15) is 25.7 Å². The normalized spacial score (nSPS) is 39.8. The Hall–Kier alpha value is -0.520. The summed E-state index contributed by atoms with van der Waals surface area (Å²) in [4.78, 5) is 0. The summed E-state index contributed by atoms with van der Waals surface area (Å²) in [5, 5.41) is 0. The van der Waals surface area contributed by atoms with Crippen LogP contribution in [0.3, 0.4) is 0 Å². The largest absolute Gasteiger partial charge is 0.103 e. The molecule has 0 nitrogen and oxygen atoms in total. The molecule has 2 aliphatic rings. The van der Waals surface area contributed by atoms with Gasteiger partial charge in [-0.2, -0.15) is 0 Å². The fraction of sp³-hybridized carbons (Fsp3) is 0.636. The van der Waals surface area contributed by atoms with Crippen molar-refractivity contribution in [1.82, 2.24) is 0 Å². The van der Waals surface area contributed by atoms with Gasteiger partial charge >= 0.3 is 0 Å². The molecule has 0 aromatic rings. The molecule has 2 bridgehead atoms. The average molecular weight is 148 g/mol. The highest BCUT2D eigenvalue weighted by Crippen LogP contribution is 2.45. The quantitative estimate of drug-likeness (QED) is 0.539. The lowest BCUT2D eigenvalue weighted by Crippen LogP contribution is -2.05. The minimum Gasteiger partial charge on any atom is -0.103 e. The van der Waals surface area contributed by atoms with Crippen LogP contribution in [0.4, 0.5) is 0 Å². The minimum atomic E-state index is 0.931. The predicted molar refractivity (Wildman–Crippen MR) is 48.3 cm³/mol. The van der Waals surface area contributed by atoms with E-state index in [0.29, 0.717) is 0 Å². The molecule has 0 aromatic carbocycles. The van der Waals surface area contributed by atoms with Crippen LogP contribution >= 0.6 is 0 Å².